The zero-order chi connectivity index (χ0) is 25.5. The summed E-state index contributed by atoms with van der Waals surface area (Å²) in [6.45, 7) is 4.36. The van der Waals surface area contributed by atoms with Crippen molar-refractivity contribution >= 4 is 11.0 Å². The van der Waals surface area contributed by atoms with Gasteiger partial charge in [0, 0.05) is 0 Å². The topological polar surface area (TPSA) is 62.1 Å². The molecular formula is C27H27F3N4O2. The number of rotatable bonds is 8. The van der Waals surface area contributed by atoms with E-state index in [1.807, 2.05) is 37.3 Å². The predicted octanol–water partition coefficient (Wildman–Crippen LogP) is 6.06. The number of benzene rings is 2. The zero-order valence-electron chi connectivity index (χ0n) is 20.3. The summed E-state index contributed by atoms with van der Waals surface area (Å²) in [6.07, 6.45) is -3.97. The van der Waals surface area contributed by atoms with Crippen LogP contribution < -0.4 is 4.74 Å². The fourth-order valence-electron chi connectivity index (χ4n) is 4.62. The molecular weight excluding hydrogens is 469 g/mol. The van der Waals surface area contributed by atoms with Crippen LogP contribution in [0.5, 0.6) is 5.88 Å². The molecule has 188 valence electrons. The van der Waals surface area contributed by atoms with Crippen LogP contribution in [0.15, 0.2) is 54.6 Å². The average molecular weight is 497 g/mol. The Balaban J connectivity index is 1.46. The second-order valence-electron chi connectivity index (χ2n) is 9.23. The van der Waals surface area contributed by atoms with Crippen molar-refractivity contribution in [2.24, 2.45) is 0 Å². The molecule has 5 rings (SSSR count). The third-order valence-electron chi connectivity index (χ3n) is 6.85. The Morgan fingerprint density at radius 1 is 1.00 bits per heavy atom. The van der Waals surface area contributed by atoms with Gasteiger partial charge in [0.1, 0.15) is 16.9 Å². The molecule has 1 aliphatic rings. The SMILES string of the molecule is COc1nc(C)nc2c1c(COCc1ccccc1)nn2C(C)c1ccc(C2(C(F)(F)F)CC2)cc1. The average Bonchev–Trinajstić information content (AvgIpc) is 3.62. The molecule has 0 spiro atoms. The Kier molecular flexibility index (Phi) is 6.20. The number of fused-ring (bicyclic) bond motifs is 1. The second kappa shape index (κ2) is 9.20. The first kappa shape index (κ1) is 24.2. The lowest BCUT2D eigenvalue weighted by Crippen LogP contribution is -2.28. The van der Waals surface area contributed by atoms with Crippen molar-refractivity contribution in [3.63, 3.8) is 0 Å². The highest BCUT2D eigenvalue weighted by atomic mass is 19.4. The Labute approximate surface area is 207 Å². The van der Waals surface area contributed by atoms with E-state index in [0.717, 1.165) is 11.1 Å². The summed E-state index contributed by atoms with van der Waals surface area (Å²) in [5.41, 5.74) is 1.70. The summed E-state index contributed by atoms with van der Waals surface area (Å²) in [7, 11) is 1.55. The summed E-state index contributed by atoms with van der Waals surface area (Å²) in [5.74, 6) is 0.936. The van der Waals surface area contributed by atoms with Gasteiger partial charge in [-0.2, -0.15) is 23.3 Å². The smallest absolute Gasteiger partial charge is 0.398 e. The largest absolute Gasteiger partial charge is 0.480 e. The molecule has 0 aliphatic heterocycles. The molecule has 1 aliphatic carbocycles. The van der Waals surface area contributed by atoms with Gasteiger partial charge < -0.3 is 9.47 Å². The van der Waals surface area contributed by atoms with E-state index in [4.69, 9.17) is 14.6 Å². The summed E-state index contributed by atoms with van der Waals surface area (Å²) < 4.78 is 53.9. The first-order valence-corrected chi connectivity index (χ1v) is 11.8. The van der Waals surface area contributed by atoms with Gasteiger partial charge in [-0.05, 0) is 43.4 Å². The van der Waals surface area contributed by atoms with Gasteiger partial charge in [0.2, 0.25) is 5.88 Å². The third-order valence-corrected chi connectivity index (χ3v) is 6.85. The van der Waals surface area contributed by atoms with E-state index >= 15 is 0 Å². The van der Waals surface area contributed by atoms with Crippen molar-refractivity contribution in [2.75, 3.05) is 7.11 Å². The molecule has 0 N–H and O–H groups in total. The van der Waals surface area contributed by atoms with Crippen LogP contribution in [-0.2, 0) is 23.4 Å². The minimum Gasteiger partial charge on any atom is -0.480 e. The molecule has 0 amide bonds. The molecule has 6 nitrogen and oxygen atoms in total. The maximum atomic E-state index is 13.6. The first-order valence-electron chi connectivity index (χ1n) is 11.8. The number of halogens is 3. The number of nitrogens with zero attached hydrogens (tertiary/aromatic N) is 4. The van der Waals surface area contributed by atoms with Crippen LogP contribution in [0.1, 0.15) is 54.0 Å². The van der Waals surface area contributed by atoms with Crippen LogP contribution >= 0.6 is 0 Å². The number of ether oxygens (including phenoxy) is 2. The molecule has 0 bridgehead atoms. The normalized spacial score (nSPS) is 15.7. The molecule has 9 heteroatoms. The van der Waals surface area contributed by atoms with E-state index in [-0.39, 0.29) is 25.5 Å². The monoisotopic (exact) mass is 496 g/mol. The van der Waals surface area contributed by atoms with Gasteiger partial charge in [-0.3, -0.25) is 0 Å². The number of aromatic nitrogens is 4. The minimum absolute atomic E-state index is 0.136. The lowest BCUT2D eigenvalue weighted by Gasteiger charge is -2.21. The molecule has 1 saturated carbocycles. The number of methoxy groups -OCH3 is 1. The Morgan fingerprint density at radius 3 is 2.31 bits per heavy atom. The van der Waals surface area contributed by atoms with Crippen LogP contribution in [0, 0.1) is 6.92 Å². The zero-order valence-corrected chi connectivity index (χ0v) is 20.3. The van der Waals surface area contributed by atoms with Gasteiger partial charge in [-0.1, -0.05) is 54.6 Å². The lowest BCUT2D eigenvalue weighted by molar-refractivity contribution is -0.160. The molecule has 36 heavy (non-hydrogen) atoms. The van der Waals surface area contributed by atoms with Gasteiger partial charge in [-0.15, -0.1) is 0 Å². The molecule has 1 fully saturated rings. The highest BCUT2D eigenvalue weighted by Gasteiger charge is 2.64. The van der Waals surface area contributed by atoms with Crippen molar-refractivity contribution in [1.29, 1.82) is 0 Å². The van der Waals surface area contributed by atoms with Crippen LogP contribution in [0.25, 0.3) is 11.0 Å². The van der Waals surface area contributed by atoms with Crippen LogP contribution in [-0.4, -0.2) is 33.0 Å². The van der Waals surface area contributed by atoms with E-state index in [0.29, 0.717) is 40.6 Å². The maximum Gasteiger partial charge on any atom is 0.398 e. The predicted molar refractivity (Wildman–Crippen MR) is 129 cm³/mol. The van der Waals surface area contributed by atoms with E-state index in [1.54, 1.807) is 43.0 Å². The summed E-state index contributed by atoms with van der Waals surface area (Å²) >= 11 is 0. The summed E-state index contributed by atoms with van der Waals surface area (Å²) in [6, 6.07) is 16.2. The molecule has 1 unspecified atom stereocenters. The molecule has 2 heterocycles. The van der Waals surface area contributed by atoms with E-state index in [2.05, 4.69) is 9.97 Å². The van der Waals surface area contributed by atoms with Gasteiger partial charge in [0.25, 0.3) is 0 Å². The van der Waals surface area contributed by atoms with Crippen LogP contribution in [0.2, 0.25) is 0 Å². The quantitative estimate of drug-likeness (QED) is 0.297. The van der Waals surface area contributed by atoms with E-state index in [9.17, 15) is 13.2 Å². The number of hydrogen-bond donors (Lipinski definition) is 0. The summed E-state index contributed by atoms with van der Waals surface area (Å²) in [4.78, 5) is 9.03. The van der Waals surface area contributed by atoms with Crippen LogP contribution in [0.3, 0.4) is 0 Å². The van der Waals surface area contributed by atoms with Crippen molar-refractivity contribution in [3.05, 3.63) is 82.8 Å². The van der Waals surface area contributed by atoms with Crippen LogP contribution in [0.4, 0.5) is 13.2 Å². The van der Waals surface area contributed by atoms with Crippen molar-refractivity contribution < 1.29 is 22.6 Å². The maximum absolute atomic E-state index is 13.6. The van der Waals surface area contributed by atoms with E-state index < -0.39 is 11.6 Å². The first-order chi connectivity index (χ1) is 17.2. The second-order valence-corrected chi connectivity index (χ2v) is 9.23. The molecule has 1 atom stereocenters. The lowest BCUT2D eigenvalue weighted by atomic mass is 9.93. The molecule has 2 aromatic carbocycles. The Hall–Kier alpha value is -3.46. The number of aryl methyl sites for hydroxylation is 1. The summed E-state index contributed by atoms with van der Waals surface area (Å²) in [5, 5.41) is 5.46. The molecule has 4 aromatic rings. The number of hydrogen-bond acceptors (Lipinski definition) is 5. The number of alkyl halides is 3. The fraction of sp³-hybridized carbons (Fsp3) is 0.370. The van der Waals surface area contributed by atoms with Gasteiger partial charge in [0.05, 0.1) is 31.8 Å². The van der Waals surface area contributed by atoms with Crippen molar-refractivity contribution in [1.82, 2.24) is 19.7 Å². The van der Waals surface area contributed by atoms with Gasteiger partial charge in [0.15, 0.2) is 5.65 Å². The molecule has 0 saturated heterocycles. The Morgan fingerprint density at radius 2 is 1.69 bits per heavy atom. The van der Waals surface area contributed by atoms with Gasteiger partial charge in [-0.25, -0.2) is 9.67 Å². The van der Waals surface area contributed by atoms with E-state index in [1.165, 1.54) is 0 Å². The van der Waals surface area contributed by atoms with Crippen molar-refractivity contribution in [3.8, 4) is 5.88 Å². The Bertz CT molecular complexity index is 1360. The molecule has 2 aromatic heterocycles. The highest BCUT2D eigenvalue weighted by molar-refractivity contribution is 5.84. The van der Waals surface area contributed by atoms with Crippen molar-refractivity contribution in [2.45, 2.75) is 57.5 Å². The van der Waals surface area contributed by atoms with Gasteiger partial charge >= 0.3 is 6.18 Å². The highest BCUT2D eigenvalue weighted by Crippen LogP contribution is 2.58. The third kappa shape index (κ3) is 4.32. The standard InChI is InChI=1S/C27H27F3N4O2/c1-17(20-9-11-21(12-10-20)26(13-14-26)27(28,29)30)34-24-23(25(35-3)32-18(2)31-24)22(33-34)16-36-15-19-7-5-4-6-8-19/h4-12,17H,13-16H2,1-3H3. The minimum atomic E-state index is -4.24. The molecule has 0 radical (unpaired) electrons. The fourth-order valence-corrected chi connectivity index (χ4v) is 4.62.